The van der Waals surface area contributed by atoms with Crippen molar-refractivity contribution in [2.75, 3.05) is 21.2 Å². The number of nitro benzene ring substituents is 1. The summed E-state index contributed by atoms with van der Waals surface area (Å²) in [6.07, 6.45) is 0. The molecule has 102 valence electrons. The van der Waals surface area contributed by atoms with Crippen LogP contribution >= 0.6 is 0 Å². The quantitative estimate of drug-likeness (QED) is 0.340. The standard InChI is InChI=1S/C11H12N2O5Se/c1-12(2)11(19)18-9-5-4-7(13(15)16)6-8(9)10(14)17-3/h4-6H,1-3H3. The molecule has 0 aliphatic carbocycles. The van der Waals surface area contributed by atoms with E-state index < -0.39 is 10.9 Å². The second-order valence-electron chi connectivity index (χ2n) is 3.69. The summed E-state index contributed by atoms with van der Waals surface area (Å²) in [6, 6.07) is 3.72. The second-order valence-corrected chi connectivity index (χ2v) is 4.42. The number of rotatable bonds is 5. The van der Waals surface area contributed by atoms with Crippen molar-refractivity contribution in [1.29, 1.82) is 0 Å². The fourth-order valence-corrected chi connectivity index (χ4v) is 1.36. The van der Waals surface area contributed by atoms with Crippen molar-refractivity contribution in [3.05, 3.63) is 33.9 Å². The Morgan fingerprint density at radius 1 is 1.42 bits per heavy atom. The van der Waals surface area contributed by atoms with E-state index in [0.29, 0.717) is 4.73 Å². The molecule has 0 unspecified atom stereocenters. The van der Waals surface area contributed by atoms with Gasteiger partial charge in [0.15, 0.2) is 0 Å². The molecule has 0 aromatic heterocycles. The van der Waals surface area contributed by atoms with Gasteiger partial charge in [0, 0.05) is 0 Å². The Labute approximate surface area is 117 Å². The maximum absolute atomic E-state index is 11.6. The van der Waals surface area contributed by atoms with Crippen LogP contribution in [0.25, 0.3) is 0 Å². The summed E-state index contributed by atoms with van der Waals surface area (Å²) in [4.78, 5) is 23.4. The normalized spacial score (nSPS) is 9.63. The first-order valence-corrected chi connectivity index (χ1v) is 5.98. The van der Waals surface area contributed by atoms with Gasteiger partial charge >= 0.3 is 117 Å². The van der Waals surface area contributed by atoms with Crippen LogP contribution in [0.5, 0.6) is 5.75 Å². The molecule has 0 saturated heterocycles. The third kappa shape index (κ3) is 3.77. The minimum absolute atomic E-state index is 0.00806. The SMILES string of the molecule is COC(=O)c1cc([N+](=O)[O-])ccc1OC(=[Se])N(C)C. The second kappa shape index (κ2) is 6.31. The van der Waals surface area contributed by atoms with Crippen LogP contribution in [0.4, 0.5) is 5.69 Å². The third-order valence-corrected chi connectivity index (χ3v) is 3.08. The monoisotopic (exact) mass is 332 g/mol. The van der Waals surface area contributed by atoms with Crippen molar-refractivity contribution in [3.63, 3.8) is 0 Å². The van der Waals surface area contributed by atoms with Crippen molar-refractivity contribution in [2.45, 2.75) is 0 Å². The third-order valence-electron chi connectivity index (χ3n) is 2.14. The molecule has 0 heterocycles. The van der Waals surface area contributed by atoms with Gasteiger partial charge in [-0.1, -0.05) is 0 Å². The molecular weight excluding hydrogens is 319 g/mol. The van der Waals surface area contributed by atoms with E-state index in [2.05, 4.69) is 20.3 Å². The fraction of sp³-hybridized carbons (Fsp3) is 0.273. The average Bonchev–Trinajstić information content (AvgIpc) is 2.37. The summed E-state index contributed by atoms with van der Waals surface area (Å²) in [6.45, 7) is 0. The Kier molecular flexibility index (Phi) is 5.02. The van der Waals surface area contributed by atoms with Crippen LogP contribution in [0, 0.1) is 10.1 Å². The summed E-state index contributed by atoms with van der Waals surface area (Å²) in [5.41, 5.74) is -0.217. The molecule has 19 heavy (non-hydrogen) atoms. The van der Waals surface area contributed by atoms with Crippen LogP contribution in [0.2, 0.25) is 0 Å². The molecule has 0 bridgehead atoms. The number of non-ortho nitro benzene ring substituents is 1. The molecule has 0 atom stereocenters. The predicted octanol–water partition coefficient (Wildman–Crippen LogP) is 0.578. The van der Waals surface area contributed by atoms with E-state index in [-0.39, 0.29) is 17.0 Å². The molecule has 0 N–H and O–H groups in total. The number of carbonyl (C=O) groups is 1. The van der Waals surface area contributed by atoms with Gasteiger partial charge in [0.05, 0.1) is 0 Å². The van der Waals surface area contributed by atoms with Gasteiger partial charge in [-0.25, -0.2) is 0 Å². The van der Waals surface area contributed by atoms with Crippen LogP contribution in [0.1, 0.15) is 10.4 Å². The van der Waals surface area contributed by atoms with Gasteiger partial charge in [0.25, 0.3) is 0 Å². The number of ether oxygens (including phenoxy) is 2. The molecule has 1 aromatic rings. The summed E-state index contributed by atoms with van der Waals surface area (Å²) in [7, 11) is 4.68. The Bertz CT molecular complexity index is 530. The number of methoxy groups -OCH3 is 1. The Balaban J connectivity index is 3.20. The van der Waals surface area contributed by atoms with E-state index in [1.54, 1.807) is 19.0 Å². The first kappa shape index (κ1) is 15.1. The van der Waals surface area contributed by atoms with E-state index in [9.17, 15) is 14.9 Å². The molecule has 1 rings (SSSR count). The molecule has 0 amide bonds. The molecule has 0 spiro atoms. The van der Waals surface area contributed by atoms with Crippen molar-refractivity contribution < 1.29 is 19.2 Å². The van der Waals surface area contributed by atoms with Crippen LogP contribution in [0.15, 0.2) is 18.2 Å². The molecule has 7 nitrogen and oxygen atoms in total. The minimum atomic E-state index is -0.703. The van der Waals surface area contributed by atoms with Gasteiger partial charge in [-0.15, -0.1) is 0 Å². The van der Waals surface area contributed by atoms with Crippen molar-refractivity contribution in [3.8, 4) is 5.75 Å². The zero-order valence-corrected chi connectivity index (χ0v) is 12.3. The number of esters is 1. The van der Waals surface area contributed by atoms with Crippen LogP contribution < -0.4 is 4.74 Å². The Morgan fingerprint density at radius 2 is 2.05 bits per heavy atom. The van der Waals surface area contributed by atoms with E-state index in [0.717, 1.165) is 6.07 Å². The molecule has 0 saturated carbocycles. The van der Waals surface area contributed by atoms with Gasteiger partial charge in [-0.2, -0.15) is 0 Å². The summed E-state index contributed by atoms with van der Waals surface area (Å²) in [5.74, 6) is -0.523. The number of nitro groups is 1. The van der Waals surface area contributed by atoms with Crippen LogP contribution in [-0.2, 0) is 4.74 Å². The molecule has 0 fully saturated rings. The van der Waals surface area contributed by atoms with E-state index in [4.69, 9.17) is 4.74 Å². The van der Waals surface area contributed by atoms with E-state index >= 15 is 0 Å². The van der Waals surface area contributed by atoms with Crippen molar-refractivity contribution >= 4 is 32.0 Å². The van der Waals surface area contributed by atoms with E-state index in [1.165, 1.54) is 19.2 Å². The first-order chi connectivity index (χ1) is 8.86. The van der Waals surface area contributed by atoms with Gasteiger partial charge in [-0.05, 0) is 0 Å². The number of hydrogen-bond donors (Lipinski definition) is 0. The first-order valence-electron chi connectivity index (χ1n) is 5.12. The summed E-state index contributed by atoms with van der Waals surface area (Å²) in [5, 5.41) is 10.7. The molecule has 0 aliphatic heterocycles. The fourth-order valence-electron chi connectivity index (χ4n) is 1.18. The zero-order valence-electron chi connectivity index (χ0n) is 10.6. The topological polar surface area (TPSA) is 81.9 Å². The molecule has 8 heteroatoms. The van der Waals surface area contributed by atoms with Gasteiger partial charge in [0.2, 0.25) is 0 Å². The number of hydrogen-bond acceptors (Lipinski definition) is 6. The van der Waals surface area contributed by atoms with Crippen LogP contribution in [0.3, 0.4) is 0 Å². The van der Waals surface area contributed by atoms with Crippen molar-refractivity contribution in [2.24, 2.45) is 0 Å². The van der Waals surface area contributed by atoms with Crippen molar-refractivity contribution in [1.82, 2.24) is 4.90 Å². The molecule has 1 aromatic carbocycles. The molecule has 0 radical (unpaired) electrons. The van der Waals surface area contributed by atoms with E-state index in [1.807, 2.05) is 0 Å². The Morgan fingerprint density at radius 3 is 2.53 bits per heavy atom. The number of nitrogens with zero attached hydrogens (tertiary/aromatic N) is 2. The van der Waals surface area contributed by atoms with Gasteiger partial charge in [0.1, 0.15) is 0 Å². The summed E-state index contributed by atoms with van der Waals surface area (Å²) >= 11 is 2.68. The average molecular weight is 331 g/mol. The predicted molar refractivity (Wildman–Crippen MR) is 69.5 cm³/mol. The summed E-state index contributed by atoms with van der Waals surface area (Å²) < 4.78 is 10.4. The molecule has 0 aliphatic rings. The molecular formula is C11H12N2O5Se. The zero-order chi connectivity index (χ0) is 14.6. The Hall–Kier alpha value is -1.92. The van der Waals surface area contributed by atoms with Gasteiger partial charge in [-0.3, -0.25) is 0 Å². The maximum atomic E-state index is 11.6. The number of carbonyl (C=O) groups excluding carboxylic acids is 1. The van der Waals surface area contributed by atoms with Crippen LogP contribution in [-0.4, -0.2) is 57.3 Å². The van der Waals surface area contributed by atoms with Gasteiger partial charge < -0.3 is 0 Å². The number of benzene rings is 1.